The highest BCUT2D eigenvalue weighted by Gasteiger charge is 2.07. The van der Waals surface area contributed by atoms with Gasteiger partial charge < -0.3 is 10.6 Å². The van der Waals surface area contributed by atoms with Gasteiger partial charge in [-0.1, -0.05) is 12.1 Å². The van der Waals surface area contributed by atoms with Crippen molar-refractivity contribution in [3.63, 3.8) is 0 Å². The molecule has 0 bridgehead atoms. The number of aryl methyl sites for hydroxylation is 2. The number of halogens is 1. The lowest BCUT2D eigenvalue weighted by molar-refractivity contribution is -0.120. The SMILES string of the molecule is Cc1nc(NCCNC(=O)Cc2ccc(F)cc2)cc(-n2ccnc2C)n1. The van der Waals surface area contributed by atoms with Gasteiger partial charge in [0, 0.05) is 31.5 Å². The Morgan fingerprint density at radius 3 is 2.63 bits per heavy atom. The number of rotatable bonds is 7. The van der Waals surface area contributed by atoms with Crippen LogP contribution >= 0.6 is 0 Å². The Balaban J connectivity index is 1.50. The van der Waals surface area contributed by atoms with Crippen molar-refractivity contribution in [2.75, 3.05) is 18.4 Å². The number of aromatic nitrogens is 4. The van der Waals surface area contributed by atoms with Crippen LogP contribution in [-0.4, -0.2) is 38.5 Å². The van der Waals surface area contributed by atoms with Gasteiger partial charge in [-0.25, -0.2) is 19.3 Å². The van der Waals surface area contributed by atoms with Gasteiger partial charge in [-0.3, -0.25) is 9.36 Å². The molecule has 2 aromatic heterocycles. The van der Waals surface area contributed by atoms with Crippen molar-refractivity contribution >= 4 is 11.7 Å². The highest BCUT2D eigenvalue weighted by molar-refractivity contribution is 5.78. The zero-order chi connectivity index (χ0) is 19.2. The summed E-state index contributed by atoms with van der Waals surface area (Å²) in [6.07, 6.45) is 3.78. The molecule has 0 spiro atoms. The molecule has 0 unspecified atom stereocenters. The lowest BCUT2D eigenvalue weighted by Crippen LogP contribution is -2.30. The van der Waals surface area contributed by atoms with Gasteiger partial charge in [0.15, 0.2) is 0 Å². The molecule has 0 aliphatic rings. The van der Waals surface area contributed by atoms with E-state index in [-0.39, 0.29) is 18.1 Å². The minimum absolute atomic E-state index is 0.114. The smallest absolute Gasteiger partial charge is 0.224 e. The topological polar surface area (TPSA) is 84.7 Å². The van der Waals surface area contributed by atoms with Crippen LogP contribution < -0.4 is 10.6 Å². The molecule has 3 rings (SSSR count). The van der Waals surface area contributed by atoms with E-state index in [1.165, 1.54) is 12.1 Å². The molecule has 0 radical (unpaired) electrons. The number of nitrogens with zero attached hydrogens (tertiary/aromatic N) is 4. The van der Waals surface area contributed by atoms with Crippen molar-refractivity contribution in [1.82, 2.24) is 24.8 Å². The Bertz CT molecular complexity index is 922. The van der Waals surface area contributed by atoms with E-state index in [1.807, 2.05) is 30.7 Å². The molecule has 1 amide bonds. The summed E-state index contributed by atoms with van der Waals surface area (Å²) in [4.78, 5) is 24.9. The Morgan fingerprint density at radius 2 is 1.93 bits per heavy atom. The highest BCUT2D eigenvalue weighted by Crippen LogP contribution is 2.12. The van der Waals surface area contributed by atoms with Crippen molar-refractivity contribution in [2.45, 2.75) is 20.3 Å². The van der Waals surface area contributed by atoms with Gasteiger partial charge in [0.05, 0.1) is 6.42 Å². The van der Waals surface area contributed by atoms with Crippen LogP contribution in [0.1, 0.15) is 17.2 Å². The van der Waals surface area contributed by atoms with Gasteiger partial charge in [0.2, 0.25) is 5.91 Å². The first-order valence-corrected chi connectivity index (χ1v) is 8.62. The average Bonchev–Trinajstić information content (AvgIpc) is 3.06. The van der Waals surface area contributed by atoms with Gasteiger partial charge in [-0.05, 0) is 31.5 Å². The van der Waals surface area contributed by atoms with Crippen molar-refractivity contribution in [3.05, 3.63) is 65.8 Å². The quantitative estimate of drug-likeness (QED) is 0.625. The summed E-state index contributed by atoms with van der Waals surface area (Å²) in [5, 5.41) is 6.01. The van der Waals surface area contributed by atoms with Crippen LogP contribution in [-0.2, 0) is 11.2 Å². The number of imidazole rings is 1. The Kier molecular flexibility index (Phi) is 5.75. The van der Waals surface area contributed by atoms with Gasteiger partial charge in [0.1, 0.15) is 29.1 Å². The zero-order valence-electron chi connectivity index (χ0n) is 15.2. The summed E-state index contributed by atoms with van der Waals surface area (Å²) in [6, 6.07) is 7.75. The molecule has 0 fully saturated rings. The maximum absolute atomic E-state index is 12.9. The first kappa shape index (κ1) is 18.5. The van der Waals surface area contributed by atoms with Gasteiger partial charge in [0.25, 0.3) is 0 Å². The second-order valence-corrected chi connectivity index (χ2v) is 6.08. The third-order valence-electron chi connectivity index (χ3n) is 3.93. The summed E-state index contributed by atoms with van der Waals surface area (Å²) < 4.78 is 14.8. The standard InChI is InChI=1S/C19H21FN6O/c1-13-24-17(12-18(25-13)26-10-9-21-14(26)2)22-7-8-23-19(27)11-15-3-5-16(20)6-4-15/h3-6,9-10,12H,7-8,11H2,1-2H3,(H,23,27)(H,22,24,25). The molecule has 3 aromatic rings. The lowest BCUT2D eigenvalue weighted by atomic mass is 10.1. The van der Waals surface area contributed by atoms with E-state index in [1.54, 1.807) is 18.3 Å². The fraction of sp³-hybridized carbons (Fsp3) is 0.263. The van der Waals surface area contributed by atoms with Crippen molar-refractivity contribution in [1.29, 1.82) is 0 Å². The van der Waals surface area contributed by atoms with E-state index >= 15 is 0 Å². The van der Waals surface area contributed by atoms with Crippen LogP contribution in [0.5, 0.6) is 0 Å². The van der Waals surface area contributed by atoms with Crippen molar-refractivity contribution in [3.8, 4) is 5.82 Å². The predicted octanol–water partition coefficient (Wildman–Crippen LogP) is 2.19. The number of hydrogen-bond donors (Lipinski definition) is 2. The normalized spacial score (nSPS) is 10.6. The number of carbonyl (C=O) groups excluding carboxylic acids is 1. The summed E-state index contributed by atoms with van der Waals surface area (Å²) in [5.74, 6) is 2.47. The van der Waals surface area contributed by atoms with Crippen LogP contribution in [0.15, 0.2) is 42.7 Å². The Labute approximate surface area is 156 Å². The summed E-state index contributed by atoms with van der Waals surface area (Å²) in [7, 11) is 0. The number of amides is 1. The molecular weight excluding hydrogens is 347 g/mol. The molecule has 0 saturated carbocycles. The third-order valence-corrected chi connectivity index (χ3v) is 3.93. The summed E-state index contributed by atoms with van der Waals surface area (Å²) in [6.45, 7) is 4.70. The van der Waals surface area contributed by atoms with E-state index < -0.39 is 0 Å². The monoisotopic (exact) mass is 368 g/mol. The maximum Gasteiger partial charge on any atom is 0.224 e. The number of nitrogens with one attached hydrogen (secondary N) is 2. The van der Waals surface area contributed by atoms with Crippen LogP contribution in [0.4, 0.5) is 10.2 Å². The molecule has 0 saturated heterocycles. The molecule has 7 nitrogen and oxygen atoms in total. The fourth-order valence-electron chi connectivity index (χ4n) is 2.63. The molecule has 0 aliphatic carbocycles. The first-order chi connectivity index (χ1) is 13.0. The molecule has 1 aromatic carbocycles. The summed E-state index contributed by atoms with van der Waals surface area (Å²) >= 11 is 0. The second kappa shape index (κ2) is 8.39. The molecule has 2 heterocycles. The third kappa shape index (κ3) is 5.10. The average molecular weight is 368 g/mol. The molecule has 8 heteroatoms. The van der Waals surface area contributed by atoms with Crippen molar-refractivity contribution < 1.29 is 9.18 Å². The van der Waals surface area contributed by atoms with Gasteiger partial charge in [-0.15, -0.1) is 0 Å². The van der Waals surface area contributed by atoms with E-state index in [4.69, 9.17) is 0 Å². The zero-order valence-corrected chi connectivity index (χ0v) is 15.2. The molecule has 0 atom stereocenters. The molecule has 140 valence electrons. The van der Waals surface area contributed by atoms with E-state index in [9.17, 15) is 9.18 Å². The van der Waals surface area contributed by atoms with E-state index in [0.29, 0.717) is 24.7 Å². The largest absolute Gasteiger partial charge is 0.368 e. The lowest BCUT2D eigenvalue weighted by Gasteiger charge is -2.10. The maximum atomic E-state index is 12.9. The van der Waals surface area contributed by atoms with Gasteiger partial charge >= 0.3 is 0 Å². The van der Waals surface area contributed by atoms with Crippen LogP contribution in [0.2, 0.25) is 0 Å². The molecule has 2 N–H and O–H groups in total. The van der Waals surface area contributed by atoms with Gasteiger partial charge in [-0.2, -0.15) is 0 Å². The minimum atomic E-state index is -0.311. The van der Waals surface area contributed by atoms with Crippen LogP contribution in [0.25, 0.3) is 5.82 Å². The predicted molar refractivity (Wildman–Crippen MR) is 100 cm³/mol. The second-order valence-electron chi connectivity index (χ2n) is 6.08. The van der Waals surface area contributed by atoms with Crippen LogP contribution in [0.3, 0.4) is 0 Å². The van der Waals surface area contributed by atoms with E-state index in [2.05, 4.69) is 25.6 Å². The number of anilines is 1. The number of hydrogen-bond acceptors (Lipinski definition) is 5. The Hall–Kier alpha value is -3.29. The molecular formula is C19H21FN6O. The molecule has 27 heavy (non-hydrogen) atoms. The number of carbonyl (C=O) groups is 1. The molecule has 0 aliphatic heterocycles. The minimum Gasteiger partial charge on any atom is -0.368 e. The van der Waals surface area contributed by atoms with Crippen molar-refractivity contribution in [2.24, 2.45) is 0 Å². The summed E-state index contributed by atoms with van der Waals surface area (Å²) in [5.41, 5.74) is 0.772. The number of benzene rings is 1. The van der Waals surface area contributed by atoms with E-state index in [0.717, 1.165) is 17.2 Å². The fourth-order valence-corrected chi connectivity index (χ4v) is 2.63. The first-order valence-electron chi connectivity index (χ1n) is 8.62. The van der Waals surface area contributed by atoms with Crippen LogP contribution in [0, 0.1) is 19.7 Å². The Morgan fingerprint density at radius 1 is 1.15 bits per heavy atom. The highest BCUT2D eigenvalue weighted by atomic mass is 19.1.